The smallest absolute Gasteiger partial charge is 0.124 e. The van der Waals surface area contributed by atoms with Crippen molar-refractivity contribution in [2.24, 2.45) is 5.73 Å². The summed E-state index contributed by atoms with van der Waals surface area (Å²) in [6.45, 7) is 4.10. The first-order chi connectivity index (χ1) is 8.99. The first-order valence-corrected chi connectivity index (χ1v) is 6.97. The highest BCUT2D eigenvalue weighted by molar-refractivity contribution is 9.10. The SMILES string of the molecule is Cc1cc(Br)cc(C)c1Nc1cccnc1C(N)=S. The highest BCUT2D eigenvalue weighted by atomic mass is 79.9. The summed E-state index contributed by atoms with van der Waals surface area (Å²) in [5.74, 6) is 0. The topological polar surface area (TPSA) is 50.9 Å². The Kier molecular flexibility index (Phi) is 4.17. The van der Waals surface area contributed by atoms with E-state index >= 15 is 0 Å². The first-order valence-electron chi connectivity index (χ1n) is 5.77. The second-order valence-corrected chi connectivity index (χ2v) is 5.66. The zero-order valence-corrected chi connectivity index (χ0v) is 13.1. The molecule has 0 fully saturated rings. The molecule has 3 N–H and O–H groups in total. The molecule has 0 aliphatic carbocycles. The minimum absolute atomic E-state index is 0.288. The highest BCUT2D eigenvalue weighted by Gasteiger charge is 2.09. The van der Waals surface area contributed by atoms with Crippen molar-refractivity contribution in [1.29, 1.82) is 0 Å². The fourth-order valence-corrected chi connectivity index (χ4v) is 2.79. The minimum atomic E-state index is 0.288. The van der Waals surface area contributed by atoms with Crippen LogP contribution in [-0.2, 0) is 0 Å². The van der Waals surface area contributed by atoms with Crippen LogP contribution in [0.1, 0.15) is 16.8 Å². The van der Waals surface area contributed by atoms with Gasteiger partial charge in [-0.05, 0) is 49.2 Å². The number of thiocarbonyl (C=S) groups is 1. The first kappa shape index (κ1) is 14.0. The zero-order chi connectivity index (χ0) is 14.0. The minimum Gasteiger partial charge on any atom is -0.388 e. The molecule has 0 saturated carbocycles. The van der Waals surface area contributed by atoms with Gasteiger partial charge >= 0.3 is 0 Å². The third-order valence-corrected chi connectivity index (χ3v) is 3.45. The van der Waals surface area contributed by atoms with Crippen LogP contribution in [0.5, 0.6) is 0 Å². The van der Waals surface area contributed by atoms with Gasteiger partial charge in [0.05, 0.1) is 5.69 Å². The molecule has 0 aliphatic rings. The van der Waals surface area contributed by atoms with Crippen molar-refractivity contribution >= 4 is 44.5 Å². The van der Waals surface area contributed by atoms with Gasteiger partial charge in [-0.15, -0.1) is 0 Å². The van der Waals surface area contributed by atoms with Gasteiger partial charge < -0.3 is 11.1 Å². The molecule has 1 heterocycles. The zero-order valence-electron chi connectivity index (χ0n) is 10.7. The Labute approximate surface area is 126 Å². The van der Waals surface area contributed by atoms with Gasteiger partial charge in [-0.1, -0.05) is 28.1 Å². The number of aromatic nitrogens is 1. The Balaban J connectivity index is 2.45. The fraction of sp³-hybridized carbons (Fsp3) is 0.143. The van der Waals surface area contributed by atoms with E-state index in [1.54, 1.807) is 6.20 Å². The van der Waals surface area contributed by atoms with Gasteiger partial charge in [0.1, 0.15) is 10.7 Å². The average Bonchev–Trinajstić information content (AvgIpc) is 2.34. The van der Waals surface area contributed by atoms with E-state index in [4.69, 9.17) is 18.0 Å². The number of rotatable bonds is 3. The number of hydrogen-bond donors (Lipinski definition) is 2. The number of pyridine rings is 1. The van der Waals surface area contributed by atoms with Crippen LogP contribution in [0.25, 0.3) is 0 Å². The molecular formula is C14H14BrN3S. The number of nitrogens with one attached hydrogen (secondary N) is 1. The predicted octanol–water partition coefficient (Wildman–Crippen LogP) is 3.84. The summed E-state index contributed by atoms with van der Waals surface area (Å²) in [5.41, 5.74) is 10.5. The van der Waals surface area contributed by atoms with Crippen molar-refractivity contribution in [2.75, 3.05) is 5.32 Å². The van der Waals surface area contributed by atoms with Crippen LogP contribution in [0.15, 0.2) is 34.9 Å². The molecule has 0 amide bonds. The van der Waals surface area contributed by atoms with E-state index in [9.17, 15) is 0 Å². The number of anilines is 2. The second-order valence-electron chi connectivity index (χ2n) is 4.30. The lowest BCUT2D eigenvalue weighted by atomic mass is 10.1. The van der Waals surface area contributed by atoms with Crippen LogP contribution < -0.4 is 11.1 Å². The normalized spacial score (nSPS) is 10.3. The van der Waals surface area contributed by atoms with Crippen LogP contribution >= 0.6 is 28.1 Å². The Morgan fingerprint density at radius 2 is 1.95 bits per heavy atom. The third kappa shape index (κ3) is 3.11. The van der Waals surface area contributed by atoms with Crippen LogP contribution in [-0.4, -0.2) is 9.97 Å². The molecule has 2 rings (SSSR count). The summed E-state index contributed by atoms with van der Waals surface area (Å²) in [7, 11) is 0. The third-order valence-electron chi connectivity index (χ3n) is 2.80. The van der Waals surface area contributed by atoms with Crippen LogP contribution in [0, 0.1) is 13.8 Å². The summed E-state index contributed by atoms with van der Waals surface area (Å²) in [6.07, 6.45) is 1.68. The van der Waals surface area contributed by atoms with Crippen molar-refractivity contribution in [3.63, 3.8) is 0 Å². The van der Waals surface area contributed by atoms with E-state index in [1.807, 2.05) is 12.1 Å². The van der Waals surface area contributed by atoms with Crippen LogP contribution in [0.4, 0.5) is 11.4 Å². The van der Waals surface area contributed by atoms with Gasteiger partial charge in [0.15, 0.2) is 0 Å². The van der Waals surface area contributed by atoms with Gasteiger partial charge in [0.25, 0.3) is 0 Å². The Morgan fingerprint density at radius 3 is 2.53 bits per heavy atom. The van der Waals surface area contributed by atoms with E-state index in [0.717, 1.165) is 27.0 Å². The van der Waals surface area contributed by atoms with Gasteiger partial charge in [0, 0.05) is 16.4 Å². The number of nitrogens with two attached hydrogens (primary N) is 1. The molecule has 0 bridgehead atoms. The predicted molar refractivity (Wildman–Crippen MR) is 87.0 cm³/mol. The quantitative estimate of drug-likeness (QED) is 0.836. The molecule has 2 aromatic rings. The molecule has 0 radical (unpaired) electrons. The number of aryl methyl sites for hydroxylation is 2. The molecule has 1 aromatic carbocycles. The highest BCUT2D eigenvalue weighted by Crippen LogP contribution is 2.28. The molecular weight excluding hydrogens is 322 g/mol. The largest absolute Gasteiger partial charge is 0.388 e. The van der Waals surface area contributed by atoms with Gasteiger partial charge in [-0.3, -0.25) is 4.98 Å². The number of halogens is 1. The van der Waals surface area contributed by atoms with Crippen LogP contribution in [0.3, 0.4) is 0 Å². The number of hydrogen-bond acceptors (Lipinski definition) is 3. The summed E-state index contributed by atoms with van der Waals surface area (Å²) in [6, 6.07) is 7.90. The van der Waals surface area contributed by atoms with Crippen molar-refractivity contribution < 1.29 is 0 Å². The second kappa shape index (κ2) is 5.67. The van der Waals surface area contributed by atoms with Crippen molar-refractivity contribution in [3.8, 4) is 0 Å². The number of nitrogens with zero attached hydrogens (tertiary/aromatic N) is 1. The molecule has 0 unspecified atom stereocenters. The van der Waals surface area contributed by atoms with Crippen LogP contribution in [0.2, 0.25) is 0 Å². The maximum atomic E-state index is 5.69. The molecule has 1 aromatic heterocycles. The van der Waals surface area contributed by atoms with Gasteiger partial charge in [0.2, 0.25) is 0 Å². The molecule has 98 valence electrons. The van der Waals surface area contributed by atoms with E-state index in [0.29, 0.717) is 5.69 Å². The Bertz CT molecular complexity index is 617. The lowest BCUT2D eigenvalue weighted by Gasteiger charge is -2.15. The maximum absolute atomic E-state index is 5.69. The molecule has 0 saturated heterocycles. The maximum Gasteiger partial charge on any atom is 0.124 e. The monoisotopic (exact) mass is 335 g/mol. The van der Waals surface area contributed by atoms with Gasteiger partial charge in [-0.25, -0.2) is 0 Å². The molecule has 5 heteroatoms. The molecule has 3 nitrogen and oxygen atoms in total. The Hall–Kier alpha value is -1.46. The fourth-order valence-electron chi connectivity index (χ4n) is 1.95. The summed E-state index contributed by atoms with van der Waals surface area (Å²) >= 11 is 8.51. The van der Waals surface area contributed by atoms with E-state index < -0.39 is 0 Å². The van der Waals surface area contributed by atoms with Crippen molar-refractivity contribution in [3.05, 3.63) is 51.8 Å². The van der Waals surface area contributed by atoms with E-state index in [1.165, 1.54) is 0 Å². The van der Waals surface area contributed by atoms with E-state index in [-0.39, 0.29) is 4.99 Å². The summed E-state index contributed by atoms with van der Waals surface area (Å²) < 4.78 is 1.06. The lowest BCUT2D eigenvalue weighted by molar-refractivity contribution is 1.27. The van der Waals surface area contributed by atoms with E-state index in [2.05, 4.69) is 52.2 Å². The number of benzene rings is 1. The van der Waals surface area contributed by atoms with Gasteiger partial charge in [-0.2, -0.15) is 0 Å². The lowest BCUT2D eigenvalue weighted by Crippen LogP contribution is -2.14. The molecule has 19 heavy (non-hydrogen) atoms. The Morgan fingerprint density at radius 1 is 1.32 bits per heavy atom. The standard InChI is InChI=1S/C14H14BrN3S/c1-8-6-10(15)7-9(2)12(8)18-11-4-3-5-17-13(11)14(16)19/h3-7,18H,1-2H3,(H2,16,19). The molecule has 0 aliphatic heterocycles. The molecule has 0 spiro atoms. The average molecular weight is 336 g/mol. The molecule has 0 atom stereocenters. The van der Waals surface area contributed by atoms with Crippen molar-refractivity contribution in [2.45, 2.75) is 13.8 Å². The van der Waals surface area contributed by atoms with Crippen molar-refractivity contribution in [1.82, 2.24) is 4.98 Å². The summed E-state index contributed by atoms with van der Waals surface area (Å²) in [5, 5.41) is 3.37. The summed E-state index contributed by atoms with van der Waals surface area (Å²) in [4.78, 5) is 4.50.